The first-order chi connectivity index (χ1) is 11.5. The normalized spacial score (nSPS) is 10.5. The molecule has 1 heterocycles. The lowest BCUT2D eigenvalue weighted by molar-refractivity contribution is 0.0947. The fourth-order valence-electron chi connectivity index (χ4n) is 2.01. The maximum Gasteiger partial charge on any atom is 0.290 e. The van der Waals surface area contributed by atoms with Crippen LogP contribution in [0.1, 0.15) is 15.9 Å². The van der Waals surface area contributed by atoms with Gasteiger partial charge < -0.3 is 14.8 Å². The minimum absolute atomic E-state index is 0.00249. The summed E-state index contributed by atoms with van der Waals surface area (Å²) >= 11 is 0.244. The van der Waals surface area contributed by atoms with E-state index in [4.69, 9.17) is 9.47 Å². The van der Waals surface area contributed by atoms with Gasteiger partial charge in [0.1, 0.15) is 5.03 Å². The van der Waals surface area contributed by atoms with E-state index in [0.29, 0.717) is 11.5 Å². The van der Waals surface area contributed by atoms with Crippen LogP contribution in [0.4, 0.5) is 8.78 Å². The van der Waals surface area contributed by atoms with Crippen molar-refractivity contribution >= 4 is 17.7 Å². The number of aromatic nitrogens is 1. The number of carbonyl (C=O) groups excluding carboxylic acids is 1. The van der Waals surface area contributed by atoms with E-state index >= 15 is 0 Å². The Morgan fingerprint density at radius 2 is 2.00 bits per heavy atom. The predicted molar refractivity (Wildman–Crippen MR) is 86.8 cm³/mol. The van der Waals surface area contributed by atoms with Crippen LogP contribution >= 0.6 is 11.8 Å². The van der Waals surface area contributed by atoms with Gasteiger partial charge in [-0.2, -0.15) is 8.78 Å². The van der Waals surface area contributed by atoms with Crippen molar-refractivity contribution in [2.75, 3.05) is 14.2 Å². The Labute approximate surface area is 142 Å². The van der Waals surface area contributed by atoms with Crippen molar-refractivity contribution in [1.29, 1.82) is 0 Å². The van der Waals surface area contributed by atoms with Crippen LogP contribution in [0, 0.1) is 0 Å². The van der Waals surface area contributed by atoms with Gasteiger partial charge in [-0.05, 0) is 41.6 Å². The summed E-state index contributed by atoms with van der Waals surface area (Å²) in [7, 11) is 3.05. The summed E-state index contributed by atoms with van der Waals surface area (Å²) in [6.45, 7) is 0.215. The number of amides is 1. The molecule has 1 aromatic carbocycles. The third kappa shape index (κ3) is 4.58. The maximum absolute atomic E-state index is 12.5. The predicted octanol–water partition coefficient (Wildman–Crippen LogP) is 3.34. The molecule has 0 fully saturated rings. The third-order valence-electron chi connectivity index (χ3n) is 3.12. The number of hydrogen-bond acceptors (Lipinski definition) is 5. The summed E-state index contributed by atoms with van der Waals surface area (Å²) in [6, 6.07) is 8.22. The Hall–Kier alpha value is -2.35. The monoisotopic (exact) mass is 354 g/mol. The van der Waals surface area contributed by atoms with Gasteiger partial charge in [0.05, 0.1) is 19.8 Å². The second-order valence-corrected chi connectivity index (χ2v) is 5.59. The Bertz CT molecular complexity index is 713. The molecule has 8 heteroatoms. The van der Waals surface area contributed by atoms with Crippen molar-refractivity contribution in [3.05, 3.63) is 47.7 Å². The number of methoxy groups -OCH3 is 2. The number of ether oxygens (including phenoxy) is 2. The highest BCUT2D eigenvalue weighted by Gasteiger charge is 2.16. The highest BCUT2D eigenvalue weighted by atomic mass is 32.2. The summed E-state index contributed by atoms with van der Waals surface area (Å²) < 4.78 is 35.4. The molecule has 0 aliphatic carbocycles. The van der Waals surface area contributed by atoms with Crippen molar-refractivity contribution in [1.82, 2.24) is 10.3 Å². The van der Waals surface area contributed by atoms with E-state index in [9.17, 15) is 13.6 Å². The number of hydrogen-bond donors (Lipinski definition) is 1. The standard InChI is InChI=1S/C16H16F2N2O3S/c1-22-12-6-5-10(8-13(12)23-2)9-20-14(21)11-4-3-7-19-15(11)24-16(17)18/h3-8,16H,9H2,1-2H3,(H,20,21). The van der Waals surface area contributed by atoms with Gasteiger partial charge in [0.15, 0.2) is 11.5 Å². The topological polar surface area (TPSA) is 60.5 Å². The Morgan fingerprint density at radius 1 is 1.25 bits per heavy atom. The smallest absolute Gasteiger partial charge is 0.290 e. The molecule has 0 aliphatic heterocycles. The number of benzene rings is 1. The Balaban J connectivity index is 2.08. The van der Waals surface area contributed by atoms with E-state index in [-0.39, 0.29) is 28.9 Å². The van der Waals surface area contributed by atoms with Crippen molar-refractivity contribution in [3.63, 3.8) is 0 Å². The van der Waals surface area contributed by atoms with Crippen molar-refractivity contribution < 1.29 is 23.0 Å². The number of nitrogens with zero attached hydrogens (tertiary/aromatic N) is 1. The molecular weight excluding hydrogens is 338 g/mol. The van der Waals surface area contributed by atoms with Gasteiger partial charge in [0, 0.05) is 12.7 Å². The molecule has 0 bridgehead atoms. The molecule has 1 N–H and O–H groups in total. The molecule has 0 radical (unpaired) electrons. The van der Waals surface area contributed by atoms with Gasteiger partial charge in [0.2, 0.25) is 0 Å². The van der Waals surface area contributed by atoms with E-state index in [1.807, 2.05) is 0 Å². The zero-order valence-electron chi connectivity index (χ0n) is 13.1. The van der Waals surface area contributed by atoms with Crippen LogP contribution in [0.5, 0.6) is 11.5 Å². The van der Waals surface area contributed by atoms with Crippen LogP contribution < -0.4 is 14.8 Å². The highest BCUT2D eigenvalue weighted by molar-refractivity contribution is 7.99. The number of rotatable bonds is 7. The minimum Gasteiger partial charge on any atom is -0.493 e. The summed E-state index contributed by atoms with van der Waals surface area (Å²) in [4.78, 5) is 16.1. The summed E-state index contributed by atoms with van der Waals surface area (Å²) in [5.74, 6) is -1.99. The molecular formula is C16H16F2N2O3S. The zero-order chi connectivity index (χ0) is 17.5. The van der Waals surface area contributed by atoms with Crippen LogP contribution in [-0.4, -0.2) is 30.9 Å². The number of carbonyl (C=O) groups is 1. The van der Waals surface area contributed by atoms with Gasteiger partial charge in [-0.1, -0.05) is 6.07 Å². The second-order valence-electron chi connectivity index (χ2n) is 4.61. The lowest BCUT2D eigenvalue weighted by atomic mass is 10.2. The molecule has 0 atom stereocenters. The number of nitrogens with one attached hydrogen (secondary N) is 1. The maximum atomic E-state index is 12.5. The number of pyridine rings is 1. The van der Waals surface area contributed by atoms with Crippen LogP contribution in [0.15, 0.2) is 41.6 Å². The Morgan fingerprint density at radius 3 is 2.67 bits per heavy atom. The molecule has 1 aromatic heterocycles. The first-order valence-corrected chi connectivity index (χ1v) is 7.82. The first kappa shape index (κ1) is 18.0. The number of alkyl halides is 2. The molecule has 0 unspecified atom stereocenters. The van der Waals surface area contributed by atoms with E-state index in [1.54, 1.807) is 18.2 Å². The lowest BCUT2D eigenvalue weighted by Crippen LogP contribution is -2.23. The molecule has 24 heavy (non-hydrogen) atoms. The molecule has 5 nitrogen and oxygen atoms in total. The van der Waals surface area contributed by atoms with Crippen molar-refractivity contribution in [3.8, 4) is 11.5 Å². The summed E-state index contributed by atoms with van der Waals surface area (Å²) in [6.07, 6.45) is 1.37. The number of halogens is 2. The van der Waals surface area contributed by atoms with E-state index in [0.717, 1.165) is 5.56 Å². The number of thioether (sulfide) groups is 1. The molecule has 2 aromatic rings. The van der Waals surface area contributed by atoms with Crippen LogP contribution in [-0.2, 0) is 6.54 Å². The Kier molecular flexibility index (Phi) is 6.36. The summed E-state index contributed by atoms with van der Waals surface area (Å²) in [5, 5.41) is 2.68. The van der Waals surface area contributed by atoms with Crippen LogP contribution in [0.3, 0.4) is 0 Å². The fourth-order valence-corrected chi connectivity index (χ4v) is 2.59. The molecule has 0 spiro atoms. The van der Waals surface area contributed by atoms with Gasteiger partial charge in [-0.3, -0.25) is 4.79 Å². The SMILES string of the molecule is COc1ccc(CNC(=O)c2cccnc2SC(F)F)cc1OC. The highest BCUT2D eigenvalue weighted by Crippen LogP contribution is 2.28. The molecule has 2 rings (SSSR count). The average Bonchev–Trinajstić information content (AvgIpc) is 2.59. The van der Waals surface area contributed by atoms with E-state index in [2.05, 4.69) is 10.3 Å². The molecule has 128 valence electrons. The summed E-state index contributed by atoms with van der Waals surface area (Å²) in [5.41, 5.74) is 0.899. The first-order valence-electron chi connectivity index (χ1n) is 6.94. The van der Waals surface area contributed by atoms with E-state index in [1.165, 1.54) is 32.5 Å². The van der Waals surface area contributed by atoms with Gasteiger partial charge in [0.25, 0.3) is 11.7 Å². The zero-order valence-corrected chi connectivity index (χ0v) is 13.9. The van der Waals surface area contributed by atoms with Gasteiger partial charge in [-0.25, -0.2) is 4.98 Å². The largest absolute Gasteiger partial charge is 0.493 e. The average molecular weight is 354 g/mol. The van der Waals surface area contributed by atoms with Crippen LogP contribution in [0.25, 0.3) is 0 Å². The molecule has 0 saturated carbocycles. The lowest BCUT2D eigenvalue weighted by Gasteiger charge is -2.11. The quantitative estimate of drug-likeness (QED) is 0.773. The van der Waals surface area contributed by atoms with Crippen molar-refractivity contribution in [2.24, 2.45) is 0 Å². The third-order valence-corrected chi connectivity index (χ3v) is 3.84. The molecule has 0 saturated heterocycles. The second kappa shape index (κ2) is 8.49. The molecule has 1 amide bonds. The molecule has 0 aliphatic rings. The van der Waals surface area contributed by atoms with E-state index < -0.39 is 11.7 Å². The fraction of sp³-hybridized carbons (Fsp3) is 0.250. The van der Waals surface area contributed by atoms with Crippen LogP contribution in [0.2, 0.25) is 0 Å². The van der Waals surface area contributed by atoms with Crippen molar-refractivity contribution in [2.45, 2.75) is 17.3 Å². The minimum atomic E-state index is -2.64. The van der Waals surface area contributed by atoms with Gasteiger partial charge in [-0.15, -0.1) is 0 Å². The van der Waals surface area contributed by atoms with Gasteiger partial charge >= 0.3 is 0 Å².